The van der Waals surface area contributed by atoms with Crippen molar-refractivity contribution in [1.29, 1.82) is 0 Å². The number of carboxylic acids is 1. The minimum Gasteiger partial charge on any atom is -0.478 e. The fourth-order valence-electron chi connectivity index (χ4n) is 1.12. The molecule has 1 aromatic carbocycles. The number of hydrogen-bond acceptors (Lipinski definition) is 5. The minimum atomic E-state index is -0.942. The molecule has 0 saturated carbocycles. The van der Waals surface area contributed by atoms with Crippen LogP contribution in [0.5, 0.6) is 0 Å². The molecule has 0 radical (unpaired) electrons. The van der Waals surface area contributed by atoms with Gasteiger partial charge in [-0.3, -0.25) is 5.43 Å². The van der Waals surface area contributed by atoms with Gasteiger partial charge in [-0.25, -0.2) is 15.6 Å². The van der Waals surface area contributed by atoms with E-state index in [0.29, 0.717) is 5.13 Å². The van der Waals surface area contributed by atoms with Crippen molar-refractivity contribution in [2.75, 3.05) is 5.43 Å². The highest BCUT2D eigenvalue weighted by Gasteiger charge is 2.07. The Kier molecular flexibility index (Phi) is 2.06. The molecule has 72 valence electrons. The number of anilines is 1. The Balaban J connectivity index is 2.59. The van der Waals surface area contributed by atoms with Gasteiger partial charge in [-0.15, -0.1) is 0 Å². The summed E-state index contributed by atoms with van der Waals surface area (Å²) >= 11 is 1.32. The van der Waals surface area contributed by atoms with E-state index < -0.39 is 5.97 Å². The van der Waals surface area contributed by atoms with Crippen LogP contribution in [0.2, 0.25) is 0 Å². The zero-order chi connectivity index (χ0) is 10.1. The van der Waals surface area contributed by atoms with Gasteiger partial charge in [-0.2, -0.15) is 0 Å². The lowest BCUT2D eigenvalue weighted by molar-refractivity contribution is 0.0697. The molecular weight excluding hydrogens is 202 g/mol. The van der Waals surface area contributed by atoms with Gasteiger partial charge in [0.2, 0.25) is 0 Å². The van der Waals surface area contributed by atoms with E-state index >= 15 is 0 Å². The third-order valence-electron chi connectivity index (χ3n) is 1.76. The number of rotatable bonds is 2. The topological polar surface area (TPSA) is 88.2 Å². The molecule has 0 bridgehead atoms. The first kappa shape index (κ1) is 8.92. The van der Waals surface area contributed by atoms with Gasteiger partial charge < -0.3 is 5.11 Å². The number of aromatic carboxylic acids is 1. The van der Waals surface area contributed by atoms with Crippen LogP contribution in [0.15, 0.2) is 18.2 Å². The second-order valence-corrected chi connectivity index (χ2v) is 3.68. The zero-order valence-corrected chi connectivity index (χ0v) is 7.84. The average Bonchev–Trinajstić information content (AvgIpc) is 2.58. The highest BCUT2D eigenvalue weighted by atomic mass is 32.1. The summed E-state index contributed by atoms with van der Waals surface area (Å²) in [6.07, 6.45) is 0. The Labute approximate surface area is 83.2 Å². The molecule has 14 heavy (non-hydrogen) atoms. The number of aromatic nitrogens is 1. The first-order valence-corrected chi connectivity index (χ1v) is 4.63. The molecule has 0 aliphatic heterocycles. The molecule has 0 saturated heterocycles. The highest BCUT2D eigenvalue weighted by Crippen LogP contribution is 2.25. The molecule has 1 heterocycles. The molecule has 5 nitrogen and oxygen atoms in total. The molecular formula is C8H7N3O2S. The number of nitrogens with zero attached hydrogens (tertiary/aromatic N) is 1. The Morgan fingerprint density at radius 1 is 1.57 bits per heavy atom. The monoisotopic (exact) mass is 209 g/mol. The summed E-state index contributed by atoms with van der Waals surface area (Å²) in [5.74, 6) is 4.25. The fourth-order valence-corrected chi connectivity index (χ4v) is 1.93. The quantitative estimate of drug-likeness (QED) is 0.512. The minimum absolute atomic E-state index is 0.254. The lowest BCUT2D eigenvalue weighted by Crippen LogP contribution is -2.05. The molecule has 0 unspecified atom stereocenters. The average molecular weight is 209 g/mol. The van der Waals surface area contributed by atoms with Crippen LogP contribution in [0.1, 0.15) is 10.4 Å². The van der Waals surface area contributed by atoms with Crippen LogP contribution in [0.4, 0.5) is 5.13 Å². The van der Waals surface area contributed by atoms with Gasteiger partial charge in [0.05, 0.1) is 15.8 Å². The molecule has 0 aliphatic rings. The number of carbonyl (C=O) groups is 1. The van der Waals surface area contributed by atoms with Crippen molar-refractivity contribution in [3.05, 3.63) is 23.8 Å². The smallest absolute Gasteiger partial charge is 0.335 e. The van der Waals surface area contributed by atoms with Crippen LogP contribution in [0.25, 0.3) is 10.2 Å². The first-order chi connectivity index (χ1) is 6.70. The summed E-state index contributed by atoms with van der Waals surface area (Å²) in [6.45, 7) is 0. The van der Waals surface area contributed by atoms with Gasteiger partial charge in [0.25, 0.3) is 0 Å². The van der Waals surface area contributed by atoms with E-state index in [1.165, 1.54) is 17.4 Å². The molecule has 6 heteroatoms. The maximum absolute atomic E-state index is 10.7. The SMILES string of the molecule is NNc1nc2ccc(C(=O)O)cc2s1. The van der Waals surface area contributed by atoms with E-state index in [2.05, 4.69) is 10.4 Å². The van der Waals surface area contributed by atoms with Crippen molar-refractivity contribution >= 4 is 32.7 Å². The third-order valence-corrected chi connectivity index (χ3v) is 2.71. The van der Waals surface area contributed by atoms with Crippen molar-refractivity contribution in [3.63, 3.8) is 0 Å². The largest absolute Gasteiger partial charge is 0.478 e. The number of nitrogens with one attached hydrogen (secondary N) is 1. The zero-order valence-electron chi connectivity index (χ0n) is 7.02. The van der Waals surface area contributed by atoms with E-state index in [-0.39, 0.29) is 5.56 Å². The normalized spacial score (nSPS) is 10.4. The van der Waals surface area contributed by atoms with Crippen molar-refractivity contribution < 1.29 is 9.90 Å². The van der Waals surface area contributed by atoms with Gasteiger partial charge in [0.1, 0.15) is 0 Å². The van der Waals surface area contributed by atoms with Gasteiger partial charge in [-0.05, 0) is 18.2 Å². The number of carboxylic acid groups (broad SMARTS) is 1. The number of hydrogen-bond donors (Lipinski definition) is 3. The van der Waals surface area contributed by atoms with E-state index in [1.54, 1.807) is 12.1 Å². The number of fused-ring (bicyclic) bond motifs is 1. The molecule has 2 aromatic rings. The first-order valence-electron chi connectivity index (χ1n) is 3.81. The Morgan fingerprint density at radius 2 is 2.36 bits per heavy atom. The van der Waals surface area contributed by atoms with Crippen LogP contribution in [-0.2, 0) is 0 Å². The maximum atomic E-state index is 10.7. The lowest BCUT2D eigenvalue weighted by Gasteiger charge is -1.91. The standard InChI is InChI=1S/C8H7N3O2S/c9-11-8-10-5-2-1-4(7(12)13)3-6(5)14-8/h1-3H,9H2,(H,10,11)(H,12,13). The summed E-state index contributed by atoms with van der Waals surface area (Å²) < 4.78 is 0.804. The maximum Gasteiger partial charge on any atom is 0.335 e. The van der Waals surface area contributed by atoms with Gasteiger partial charge in [0.15, 0.2) is 5.13 Å². The van der Waals surface area contributed by atoms with E-state index in [1.807, 2.05) is 0 Å². The van der Waals surface area contributed by atoms with Crippen molar-refractivity contribution in [2.45, 2.75) is 0 Å². The molecule has 0 aliphatic carbocycles. The second kappa shape index (κ2) is 3.24. The van der Waals surface area contributed by atoms with Crippen LogP contribution >= 0.6 is 11.3 Å². The third kappa shape index (κ3) is 1.40. The molecule has 0 amide bonds. The van der Waals surface area contributed by atoms with Gasteiger partial charge in [-0.1, -0.05) is 11.3 Å². The number of benzene rings is 1. The van der Waals surface area contributed by atoms with Crippen molar-refractivity contribution in [3.8, 4) is 0 Å². The van der Waals surface area contributed by atoms with Crippen molar-refractivity contribution in [1.82, 2.24) is 4.98 Å². The number of nitrogen functional groups attached to an aromatic ring is 1. The molecule has 0 atom stereocenters. The predicted molar refractivity (Wildman–Crippen MR) is 54.4 cm³/mol. The summed E-state index contributed by atoms with van der Waals surface area (Å²) in [5, 5.41) is 9.32. The fraction of sp³-hybridized carbons (Fsp3) is 0. The Morgan fingerprint density at radius 3 is 3.00 bits per heavy atom. The van der Waals surface area contributed by atoms with Gasteiger partial charge in [0, 0.05) is 0 Å². The summed E-state index contributed by atoms with van der Waals surface area (Å²) in [7, 11) is 0. The lowest BCUT2D eigenvalue weighted by atomic mass is 10.2. The molecule has 2 rings (SSSR count). The summed E-state index contributed by atoms with van der Waals surface area (Å²) in [5.41, 5.74) is 3.42. The predicted octanol–water partition coefficient (Wildman–Crippen LogP) is 1.28. The summed E-state index contributed by atoms with van der Waals surface area (Å²) in [6, 6.07) is 4.76. The Hall–Kier alpha value is -1.66. The summed E-state index contributed by atoms with van der Waals surface area (Å²) in [4.78, 5) is 14.8. The molecule has 0 spiro atoms. The van der Waals surface area contributed by atoms with Crippen LogP contribution in [0.3, 0.4) is 0 Å². The van der Waals surface area contributed by atoms with E-state index in [4.69, 9.17) is 10.9 Å². The van der Waals surface area contributed by atoms with Crippen LogP contribution in [0, 0.1) is 0 Å². The number of hydrazine groups is 1. The van der Waals surface area contributed by atoms with Gasteiger partial charge >= 0.3 is 5.97 Å². The highest BCUT2D eigenvalue weighted by molar-refractivity contribution is 7.22. The Bertz CT molecular complexity index is 494. The van der Waals surface area contributed by atoms with Crippen LogP contribution in [-0.4, -0.2) is 16.1 Å². The van der Waals surface area contributed by atoms with Crippen LogP contribution < -0.4 is 11.3 Å². The molecule has 0 fully saturated rings. The van der Waals surface area contributed by atoms with E-state index in [9.17, 15) is 4.79 Å². The number of thiazole rings is 1. The van der Waals surface area contributed by atoms with Crippen molar-refractivity contribution in [2.24, 2.45) is 5.84 Å². The molecule has 1 aromatic heterocycles. The molecule has 4 N–H and O–H groups in total. The van der Waals surface area contributed by atoms with E-state index in [0.717, 1.165) is 10.2 Å². The number of nitrogens with two attached hydrogens (primary N) is 1. The second-order valence-electron chi connectivity index (χ2n) is 2.65.